The van der Waals surface area contributed by atoms with Gasteiger partial charge in [-0.1, -0.05) is 36.6 Å². The van der Waals surface area contributed by atoms with Crippen LogP contribution in [0.2, 0.25) is 5.02 Å². The normalized spacial score (nSPS) is 25.0. The summed E-state index contributed by atoms with van der Waals surface area (Å²) in [5, 5.41) is 14.5. The Morgan fingerprint density at radius 2 is 2.00 bits per heavy atom. The van der Waals surface area contributed by atoms with Gasteiger partial charge in [0.2, 0.25) is 5.91 Å². The Morgan fingerprint density at radius 3 is 2.62 bits per heavy atom. The van der Waals surface area contributed by atoms with Gasteiger partial charge in [0.15, 0.2) is 0 Å². The minimum atomic E-state index is -1.35. The first-order valence-electron chi connectivity index (χ1n) is 9.28. The van der Waals surface area contributed by atoms with Crippen LogP contribution in [0.25, 0.3) is 0 Å². The number of halogens is 1. The van der Waals surface area contributed by atoms with Crippen LogP contribution in [0, 0.1) is 0 Å². The van der Waals surface area contributed by atoms with Crippen LogP contribution in [0.15, 0.2) is 35.5 Å². The average molecular weight is 443 g/mol. The van der Waals surface area contributed by atoms with E-state index in [1.165, 1.54) is 16.7 Å². The third kappa shape index (κ3) is 3.76. The van der Waals surface area contributed by atoms with Crippen LogP contribution in [0.5, 0.6) is 0 Å². The first-order valence-corrected chi connectivity index (χ1v) is 10.7. The molecule has 29 heavy (non-hydrogen) atoms. The number of carboxylic acids is 1. The molecule has 2 fully saturated rings. The molecule has 1 aromatic carbocycles. The summed E-state index contributed by atoms with van der Waals surface area (Å²) >= 11 is 7.60. The SMILES string of the molecule is CC1=C(C(=O)[O-])N2C(=O)C(NC(=O)C3(c4cccc(Cl)c4)CCCC3)C2SC1.[Na+]. The predicted octanol–water partition coefficient (Wildman–Crippen LogP) is -1.42. The number of aliphatic carboxylic acids is 1. The Morgan fingerprint density at radius 1 is 1.31 bits per heavy atom. The molecule has 6 nitrogen and oxygen atoms in total. The zero-order valence-electron chi connectivity index (χ0n) is 16.4. The molecular formula is C20H20ClN2NaO4S. The molecule has 2 aliphatic heterocycles. The smallest absolute Gasteiger partial charge is 0.543 e. The molecule has 2 heterocycles. The Balaban J connectivity index is 0.00000240. The molecule has 0 bridgehead atoms. The van der Waals surface area contributed by atoms with E-state index in [4.69, 9.17) is 11.6 Å². The van der Waals surface area contributed by atoms with E-state index in [0.29, 0.717) is 29.2 Å². The Bertz CT molecular complexity index is 900. The van der Waals surface area contributed by atoms with Crippen LogP contribution in [0.4, 0.5) is 0 Å². The number of β-lactam (4-membered cyclic amide) rings is 1. The van der Waals surface area contributed by atoms with Crippen molar-refractivity contribution in [1.82, 2.24) is 10.2 Å². The van der Waals surface area contributed by atoms with Crippen molar-refractivity contribution in [3.8, 4) is 0 Å². The second-order valence-electron chi connectivity index (χ2n) is 7.58. The zero-order chi connectivity index (χ0) is 20.1. The van der Waals surface area contributed by atoms with Crippen molar-refractivity contribution in [2.24, 2.45) is 0 Å². The zero-order valence-corrected chi connectivity index (χ0v) is 19.9. The van der Waals surface area contributed by atoms with E-state index in [2.05, 4.69) is 5.32 Å². The molecule has 1 N–H and O–H groups in total. The molecule has 1 aromatic rings. The maximum Gasteiger partial charge on any atom is 1.00 e. The van der Waals surface area contributed by atoms with E-state index in [0.717, 1.165) is 18.4 Å². The largest absolute Gasteiger partial charge is 1.00 e. The van der Waals surface area contributed by atoms with E-state index in [1.807, 2.05) is 18.2 Å². The van der Waals surface area contributed by atoms with Crippen LogP contribution in [0.1, 0.15) is 38.2 Å². The quantitative estimate of drug-likeness (QED) is 0.456. The van der Waals surface area contributed by atoms with Crippen LogP contribution in [-0.2, 0) is 19.8 Å². The topological polar surface area (TPSA) is 89.5 Å². The molecule has 148 valence electrons. The maximum atomic E-state index is 13.3. The number of carboxylic acid groups (broad SMARTS) is 1. The molecule has 1 aliphatic carbocycles. The van der Waals surface area contributed by atoms with Gasteiger partial charge in [0.1, 0.15) is 11.4 Å². The average Bonchev–Trinajstić information content (AvgIpc) is 3.16. The van der Waals surface area contributed by atoms with E-state index in [-0.39, 0.29) is 41.2 Å². The molecule has 2 atom stereocenters. The third-order valence-electron chi connectivity index (χ3n) is 5.91. The second kappa shape index (κ2) is 8.63. The van der Waals surface area contributed by atoms with Gasteiger partial charge in [0, 0.05) is 10.8 Å². The fourth-order valence-corrected chi connectivity index (χ4v) is 5.94. The van der Waals surface area contributed by atoms with E-state index < -0.39 is 28.7 Å². The minimum absolute atomic E-state index is 0. The summed E-state index contributed by atoms with van der Waals surface area (Å²) in [7, 11) is 0. The first-order chi connectivity index (χ1) is 13.3. The first kappa shape index (κ1) is 22.7. The maximum absolute atomic E-state index is 13.3. The van der Waals surface area contributed by atoms with Crippen molar-refractivity contribution in [1.29, 1.82) is 0 Å². The number of rotatable bonds is 4. The van der Waals surface area contributed by atoms with Crippen molar-refractivity contribution >= 4 is 41.1 Å². The Labute approximate surface area is 200 Å². The summed E-state index contributed by atoms with van der Waals surface area (Å²) in [6, 6.07) is 6.60. The van der Waals surface area contributed by atoms with E-state index >= 15 is 0 Å². The van der Waals surface area contributed by atoms with Gasteiger partial charge in [-0.3, -0.25) is 14.5 Å². The molecule has 1 saturated carbocycles. The monoisotopic (exact) mass is 442 g/mol. The molecule has 3 aliphatic rings. The van der Waals surface area contributed by atoms with Crippen LogP contribution < -0.4 is 40.0 Å². The van der Waals surface area contributed by atoms with Crippen LogP contribution >= 0.6 is 23.4 Å². The molecule has 0 spiro atoms. The molecule has 0 aromatic heterocycles. The summed E-state index contributed by atoms with van der Waals surface area (Å²) < 4.78 is 0. The van der Waals surface area contributed by atoms with Crippen molar-refractivity contribution in [3.63, 3.8) is 0 Å². The van der Waals surface area contributed by atoms with E-state index in [9.17, 15) is 19.5 Å². The number of amides is 2. The van der Waals surface area contributed by atoms with Crippen molar-refractivity contribution in [2.45, 2.75) is 49.4 Å². The molecular weight excluding hydrogens is 423 g/mol. The summed E-state index contributed by atoms with van der Waals surface area (Å²) in [4.78, 5) is 38.6. The number of carbonyl (C=O) groups is 3. The number of benzene rings is 1. The molecule has 9 heteroatoms. The number of fused-ring (bicyclic) bond motifs is 1. The molecule has 1 saturated heterocycles. The molecule has 0 radical (unpaired) electrons. The number of nitrogens with one attached hydrogen (secondary N) is 1. The van der Waals surface area contributed by atoms with Crippen LogP contribution in [0.3, 0.4) is 0 Å². The summed E-state index contributed by atoms with van der Waals surface area (Å²) in [6.45, 7) is 1.68. The molecule has 4 rings (SSSR count). The second-order valence-corrected chi connectivity index (χ2v) is 9.12. The standard InChI is InChI=1S/C20H21ClN2O4S.Na/c1-11-10-28-17-14(16(24)23(17)15(11)18(25)26)22-19(27)20(7-2-3-8-20)12-5-4-6-13(21)9-12;/h4-6,9,14,17H,2-3,7-8,10H2,1H3,(H,22,27)(H,25,26);/q;+1/p-1. The fourth-order valence-electron chi connectivity index (χ4n) is 4.45. The summed E-state index contributed by atoms with van der Waals surface area (Å²) in [6.07, 6.45) is 3.26. The number of nitrogens with zero attached hydrogens (tertiary/aromatic N) is 1. The Kier molecular flexibility index (Phi) is 6.75. The van der Waals surface area contributed by atoms with Crippen molar-refractivity contribution < 1.29 is 49.0 Å². The van der Waals surface area contributed by atoms with Crippen molar-refractivity contribution in [3.05, 3.63) is 46.1 Å². The number of hydrogen-bond acceptors (Lipinski definition) is 5. The number of hydrogen-bond donors (Lipinski definition) is 1. The number of thioether (sulfide) groups is 1. The predicted molar refractivity (Wildman–Crippen MR) is 104 cm³/mol. The Hall–Kier alpha value is -0.990. The molecule has 2 unspecified atom stereocenters. The van der Waals surface area contributed by atoms with Gasteiger partial charge in [-0.25, -0.2) is 0 Å². The van der Waals surface area contributed by atoms with Gasteiger partial charge in [-0.05, 0) is 43.0 Å². The van der Waals surface area contributed by atoms with Crippen molar-refractivity contribution in [2.75, 3.05) is 5.75 Å². The van der Waals surface area contributed by atoms with Gasteiger partial charge in [0.05, 0.1) is 17.1 Å². The van der Waals surface area contributed by atoms with E-state index in [1.54, 1.807) is 13.0 Å². The third-order valence-corrected chi connectivity index (χ3v) is 7.57. The number of carbonyl (C=O) groups excluding carboxylic acids is 3. The summed E-state index contributed by atoms with van der Waals surface area (Å²) in [5.74, 6) is -1.45. The van der Waals surface area contributed by atoms with Gasteiger partial charge < -0.3 is 15.2 Å². The minimum Gasteiger partial charge on any atom is -0.543 e. The van der Waals surface area contributed by atoms with Gasteiger partial charge in [-0.15, -0.1) is 11.8 Å². The van der Waals surface area contributed by atoms with Crippen LogP contribution in [-0.4, -0.2) is 39.9 Å². The summed E-state index contributed by atoms with van der Waals surface area (Å²) in [5.41, 5.74) is 0.699. The fraction of sp³-hybridized carbons (Fsp3) is 0.450. The molecule has 2 amide bonds. The van der Waals surface area contributed by atoms with Gasteiger partial charge in [-0.2, -0.15) is 0 Å². The van der Waals surface area contributed by atoms with Gasteiger partial charge in [0.25, 0.3) is 5.91 Å². The van der Waals surface area contributed by atoms with Gasteiger partial charge >= 0.3 is 29.6 Å².